The van der Waals surface area contributed by atoms with Gasteiger partial charge in [0.25, 0.3) is 8.32 Å². The van der Waals surface area contributed by atoms with Crippen molar-refractivity contribution in [3.05, 3.63) is 71.1 Å². The van der Waals surface area contributed by atoms with Crippen LogP contribution in [0.25, 0.3) is 10.4 Å². The maximum Gasteiger partial charge on any atom is 0.261 e. The summed E-state index contributed by atoms with van der Waals surface area (Å²) in [5, 5.41) is 17.4. The fourth-order valence-electron chi connectivity index (χ4n) is 6.85. The van der Waals surface area contributed by atoms with Gasteiger partial charge in [0, 0.05) is 24.0 Å². The van der Waals surface area contributed by atoms with E-state index in [2.05, 4.69) is 120 Å². The number of hydrogen-bond acceptors (Lipinski definition) is 4. The first-order chi connectivity index (χ1) is 23.2. The molecule has 0 aliphatic rings. The van der Waals surface area contributed by atoms with E-state index in [1.807, 2.05) is 12.1 Å². The van der Waals surface area contributed by atoms with Crippen LogP contribution in [0.1, 0.15) is 132 Å². The lowest BCUT2D eigenvalue weighted by Gasteiger charge is -2.46. The molecule has 0 unspecified atom stereocenters. The van der Waals surface area contributed by atoms with E-state index in [1.165, 1.54) is 74.6 Å². The molecule has 0 aliphatic heterocycles. The van der Waals surface area contributed by atoms with Crippen molar-refractivity contribution in [1.29, 1.82) is 0 Å². The summed E-state index contributed by atoms with van der Waals surface area (Å²) in [6.07, 6.45) is 15.9. The van der Waals surface area contributed by atoms with Gasteiger partial charge in [0.15, 0.2) is 8.32 Å². The van der Waals surface area contributed by atoms with Crippen LogP contribution in [0.5, 0.6) is 0 Å². The molecule has 1 N–H and O–H groups in total. The molecule has 0 aromatic heterocycles. The highest BCUT2D eigenvalue weighted by molar-refractivity contribution is 6.99. The summed E-state index contributed by atoms with van der Waals surface area (Å²) in [6, 6.07) is 20.6. The van der Waals surface area contributed by atoms with Crippen LogP contribution in [0.15, 0.2) is 65.8 Å². The third-order valence-electron chi connectivity index (χ3n) is 10.8. The highest BCUT2D eigenvalue weighted by Crippen LogP contribution is 2.41. The molecule has 0 saturated carbocycles. The molecule has 0 amide bonds. The van der Waals surface area contributed by atoms with Gasteiger partial charge in [0.2, 0.25) is 0 Å². The first-order valence-electron chi connectivity index (χ1n) is 19.3. The quantitative estimate of drug-likeness (QED) is 0.0387. The van der Waals surface area contributed by atoms with E-state index in [0.29, 0.717) is 0 Å². The van der Waals surface area contributed by atoms with Crippen LogP contribution < -0.4 is 10.4 Å². The van der Waals surface area contributed by atoms with E-state index in [-0.39, 0.29) is 29.2 Å². The third-order valence-corrected chi connectivity index (χ3v) is 20.3. The number of unbranched alkanes of at least 4 members (excludes halogenated alkanes) is 11. The van der Waals surface area contributed by atoms with Gasteiger partial charge < -0.3 is 14.0 Å². The molecule has 8 heteroatoms. The van der Waals surface area contributed by atoms with Crippen molar-refractivity contribution < 1.29 is 14.0 Å². The Morgan fingerprint density at radius 2 is 1.16 bits per heavy atom. The average molecular weight is 710 g/mol. The maximum atomic E-state index is 10.9. The van der Waals surface area contributed by atoms with Gasteiger partial charge >= 0.3 is 0 Å². The van der Waals surface area contributed by atoms with Crippen LogP contribution in [-0.4, -0.2) is 47.1 Å². The number of hydrogen-bond donors (Lipinski definition) is 1. The first kappa shape index (κ1) is 43.2. The summed E-state index contributed by atoms with van der Waals surface area (Å²) in [7, 11) is -5.18. The summed E-state index contributed by atoms with van der Waals surface area (Å²) >= 11 is 0. The number of benzene rings is 2. The minimum absolute atomic E-state index is 0.00597. The zero-order valence-corrected chi connectivity index (χ0v) is 34.7. The molecular weight excluding hydrogens is 639 g/mol. The van der Waals surface area contributed by atoms with Crippen molar-refractivity contribution in [2.45, 2.75) is 167 Å². The van der Waals surface area contributed by atoms with E-state index in [4.69, 9.17) is 8.85 Å². The summed E-state index contributed by atoms with van der Waals surface area (Å²) in [5.41, 5.74) is 9.92. The Morgan fingerprint density at radius 1 is 0.714 bits per heavy atom. The minimum Gasteiger partial charge on any atom is -0.413 e. The molecule has 49 heavy (non-hydrogen) atoms. The van der Waals surface area contributed by atoms with Crippen molar-refractivity contribution in [3.8, 4) is 0 Å². The molecule has 2 aromatic carbocycles. The molecule has 0 bridgehead atoms. The Morgan fingerprint density at radius 3 is 1.55 bits per heavy atom. The fourth-order valence-corrected chi connectivity index (χ4v) is 12.8. The number of azide groups is 1. The lowest BCUT2D eigenvalue weighted by Crippen LogP contribution is -2.67. The number of aliphatic hydroxyl groups excluding tert-OH is 1. The number of rotatable bonds is 24. The Labute approximate surface area is 302 Å². The molecule has 0 radical (unpaired) electrons. The average Bonchev–Trinajstić information content (AvgIpc) is 3.06. The van der Waals surface area contributed by atoms with Crippen LogP contribution in [-0.2, 0) is 8.85 Å². The molecule has 0 aliphatic carbocycles. The topological polar surface area (TPSA) is 87.5 Å². The molecule has 0 heterocycles. The van der Waals surface area contributed by atoms with E-state index in [9.17, 15) is 10.6 Å². The van der Waals surface area contributed by atoms with Gasteiger partial charge in [-0.3, -0.25) is 0 Å². The third kappa shape index (κ3) is 13.3. The summed E-state index contributed by atoms with van der Waals surface area (Å²) in [4.78, 5) is 3.35. The SMILES string of the molecule is CCCCCCCCCCCCCC[C@@H](CO)[C@@H](O[Si](C)(C)C(C)(C)C)[C@H](CO[Si](c1ccccc1)(c1ccccc1)C(C)(C)C)N=[N+]=[N-]. The molecule has 2 aromatic rings. The zero-order valence-electron chi connectivity index (χ0n) is 32.7. The van der Waals surface area contributed by atoms with Gasteiger partial charge in [0.1, 0.15) is 0 Å². The first-order valence-corrected chi connectivity index (χ1v) is 24.1. The van der Waals surface area contributed by atoms with Crippen LogP contribution >= 0.6 is 0 Å². The largest absolute Gasteiger partial charge is 0.413 e. The minimum atomic E-state index is -2.88. The summed E-state index contributed by atoms with van der Waals surface area (Å²) in [6.45, 7) is 20.5. The molecule has 276 valence electrons. The van der Waals surface area contributed by atoms with Gasteiger partial charge in [-0.2, -0.15) is 0 Å². The van der Waals surface area contributed by atoms with Gasteiger partial charge in [-0.1, -0.05) is 191 Å². The van der Waals surface area contributed by atoms with Crippen molar-refractivity contribution in [2.75, 3.05) is 13.2 Å². The summed E-state index contributed by atoms with van der Waals surface area (Å²) < 4.78 is 14.4. The Balaban J connectivity index is 2.29. The molecule has 0 saturated heterocycles. The van der Waals surface area contributed by atoms with E-state index < -0.39 is 28.8 Å². The molecule has 2 rings (SSSR count). The van der Waals surface area contributed by atoms with Gasteiger partial charge in [-0.05, 0) is 45.5 Å². The number of aliphatic hydroxyl groups is 1. The van der Waals surface area contributed by atoms with Gasteiger partial charge in [0.05, 0.1) is 12.1 Å². The van der Waals surface area contributed by atoms with Crippen molar-refractivity contribution in [3.63, 3.8) is 0 Å². The van der Waals surface area contributed by atoms with Gasteiger partial charge in [-0.25, -0.2) is 0 Å². The van der Waals surface area contributed by atoms with Crippen molar-refractivity contribution >= 4 is 27.0 Å². The summed E-state index contributed by atoms with van der Waals surface area (Å²) in [5.74, 6) is -0.143. The smallest absolute Gasteiger partial charge is 0.261 e. The molecule has 3 atom stereocenters. The second-order valence-electron chi connectivity index (χ2n) is 16.7. The molecule has 0 fully saturated rings. The molecule has 6 nitrogen and oxygen atoms in total. The predicted molar refractivity (Wildman–Crippen MR) is 215 cm³/mol. The van der Waals surface area contributed by atoms with E-state index in [0.717, 1.165) is 19.3 Å². The maximum absolute atomic E-state index is 10.9. The molecule has 0 spiro atoms. The highest BCUT2D eigenvalue weighted by atomic mass is 28.4. The van der Waals surface area contributed by atoms with Crippen LogP contribution in [0.2, 0.25) is 23.2 Å². The van der Waals surface area contributed by atoms with Crippen LogP contribution in [0.4, 0.5) is 0 Å². The Bertz CT molecular complexity index is 1170. The number of nitrogens with zero attached hydrogens (tertiary/aromatic N) is 3. The predicted octanol–water partition coefficient (Wildman–Crippen LogP) is 11.3. The Kier molecular flexibility index (Phi) is 18.9. The second-order valence-corrected chi connectivity index (χ2v) is 25.8. The monoisotopic (exact) mass is 710 g/mol. The lowest BCUT2D eigenvalue weighted by molar-refractivity contribution is 0.0371. The van der Waals surface area contributed by atoms with E-state index >= 15 is 0 Å². The second kappa shape index (κ2) is 21.4. The van der Waals surface area contributed by atoms with Crippen molar-refractivity contribution in [1.82, 2.24) is 0 Å². The van der Waals surface area contributed by atoms with E-state index in [1.54, 1.807) is 0 Å². The van der Waals surface area contributed by atoms with Crippen molar-refractivity contribution in [2.24, 2.45) is 11.0 Å². The van der Waals surface area contributed by atoms with Crippen LogP contribution in [0, 0.1) is 5.92 Å². The fraction of sp³-hybridized carbons (Fsp3) is 0.707. The van der Waals surface area contributed by atoms with Crippen LogP contribution in [0.3, 0.4) is 0 Å². The standard InChI is InChI=1S/C41H71N3O3Si2/c1-10-11-12-13-14-15-16-17-18-19-20-23-28-35(33-45)39(47-48(8,9)40(2,3)4)38(43-44-42)34-46-49(41(5,6)7,36-29-24-21-25-30-36)37-31-26-22-27-32-37/h21-22,24-27,29-32,35,38-39,45H,10-20,23,28,33-34H2,1-9H3/t35-,38-,39+/m0/s1. The normalized spacial score (nSPS) is 14.7. The lowest BCUT2D eigenvalue weighted by atomic mass is 9.91. The zero-order chi connectivity index (χ0) is 36.4. The Hall–Kier alpha value is -1.94. The highest BCUT2D eigenvalue weighted by Gasteiger charge is 2.51. The molecular formula is C41H71N3O3Si2. The van der Waals surface area contributed by atoms with Gasteiger partial charge in [-0.15, -0.1) is 0 Å².